The fourth-order valence-electron chi connectivity index (χ4n) is 2.13. The van der Waals surface area contributed by atoms with E-state index in [0.717, 1.165) is 18.4 Å². The molecule has 1 amide bonds. The summed E-state index contributed by atoms with van der Waals surface area (Å²) in [6, 6.07) is 9.92. The second-order valence-electron chi connectivity index (χ2n) is 4.95. The van der Waals surface area contributed by atoms with E-state index in [-0.39, 0.29) is 11.7 Å². The van der Waals surface area contributed by atoms with E-state index in [0.29, 0.717) is 12.5 Å². The summed E-state index contributed by atoms with van der Waals surface area (Å²) in [6.07, 6.45) is 2.53. The van der Waals surface area contributed by atoms with Crippen molar-refractivity contribution >= 4 is 11.7 Å². The maximum absolute atomic E-state index is 12.4. The van der Waals surface area contributed by atoms with E-state index < -0.39 is 5.92 Å². The molecule has 3 N–H and O–H groups in total. The number of amides is 1. The molecular weight excluding hydrogens is 242 g/mol. The molecule has 0 aromatic heterocycles. The van der Waals surface area contributed by atoms with Crippen molar-refractivity contribution in [3.63, 3.8) is 0 Å². The second-order valence-corrected chi connectivity index (χ2v) is 4.95. The molecule has 5 heteroatoms. The molecule has 1 fully saturated rings. The molecule has 0 heterocycles. The van der Waals surface area contributed by atoms with E-state index in [4.69, 9.17) is 10.9 Å². The molecule has 102 valence electrons. The van der Waals surface area contributed by atoms with Crippen LogP contribution in [0.1, 0.15) is 18.4 Å². The van der Waals surface area contributed by atoms with Gasteiger partial charge in [0.25, 0.3) is 0 Å². The average molecular weight is 261 g/mol. The molecule has 19 heavy (non-hydrogen) atoms. The van der Waals surface area contributed by atoms with Gasteiger partial charge in [0.2, 0.25) is 5.91 Å². The summed E-state index contributed by atoms with van der Waals surface area (Å²) in [4.78, 5) is 14.1. The molecule has 1 aromatic carbocycles. The summed E-state index contributed by atoms with van der Waals surface area (Å²) in [5.41, 5.74) is 6.67. The van der Waals surface area contributed by atoms with Crippen LogP contribution < -0.4 is 5.73 Å². The van der Waals surface area contributed by atoms with E-state index in [1.165, 1.54) is 0 Å². The molecule has 1 saturated carbocycles. The summed E-state index contributed by atoms with van der Waals surface area (Å²) in [5, 5.41) is 11.9. The number of hydrogen-bond acceptors (Lipinski definition) is 3. The lowest BCUT2D eigenvalue weighted by molar-refractivity contribution is -0.132. The molecule has 0 aliphatic heterocycles. The lowest BCUT2D eigenvalue weighted by Crippen LogP contribution is -2.42. The highest BCUT2D eigenvalue weighted by Gasteiger charge is 2.34. The molecule has 1 aromatic rings. The Morgan fingerprint density at radius 2 is 2.11 bits per heavy atom. The molecular formula is C14H19N3O2. The zero-order valence-electron chi connectivity index (χ0n) is 11.0. The van der Waals surface area contributed by atoms with Crippen molar-refractivity contribution in [2.24, 2.45) is 16.8 Å². The molecule has 1 atom stereocenters. The number of nitrogens with two attached hydrogens (primary N) is 1. The normalized spacial score (nSPS) is 17.0. The van der Waals surface area contributed by atoms with Gasteiger partial charge in [0.05, 0.1) is 0 Å². The molecule has 0 bridgehead atoms. The third-order valence-corrected chi connectivity index (χ3v) is 3.50. The summed E-state index contributed by atoms with van der Waals surface area (Å²) in [6.45, 7) is 0. The van der Waals surface area contributed by atoms with Gasteiger partial charge < -0.3 is 15.8 Å². The number of nitrogens with zero attached hydrogens (tertiary/aromatic N) is 2. The Morgan fingerprint density at radius 1 is 1.47 bits per heavy atom. The third-order valence-electron chi connectivity index (χ3n) is 3.50. The van der Waals surface area contributed by atoms with Crippen LogP contribution in [-0.4, -0.2) is 34.9 Å². The molecule has 2 rings (SSSR count). The maximum atomic E-state index is 12.4. The van der Waals surface area contributed by atoms with Gasteiger partial charge in [0.15, 0.2) is 5.84 Å². The van der Waals surface area contributed by atoms with Gasteiger partial charge in [-0.3, -0.25) is 4.79 Å². The van der Waals surface area contributed by atoms with Gasteiger partial charge in [-0.1, -0.05) is 35.5 Å². The SMILES string of the molecule is CN(C(=O)C(Cc1ccccc1)C(N)=NO)C1CC1. The van der Waals surface area contributed by atoms with E-state index >= 15 is 0 Å². The van der Waals surface area contributed by atoms with Crippen LogP contribution >= 0.6 is 0 Å². The fraction of sp³-hybridized carbons (Fsp3) is 0.429. The molecule has 0 radical (unpaired) electrons. The molecule has 1 unspecified atom stereocenters. The van der Waals surface area contributed by atoms with Crippen LogP contribution in [0.25, 0.3) is 0 Å². The van der Waals surface area contributed by atoms with Crippen LogP contribution in [-0.2, 0) is 11.2 Å². The quantitative estimate of drug-likeness (QED) is 0.362. The Bertz CT molecular complexity index is 469. The summed E-state index contributed by atoms with van der Waals surface area (Å²) in [5.74, 6) is -0.707. The predicted molar refractivity (Wildman–Crippen MR) is 72.8 cm³/mol. The van der Waals surface area contributed by atoms with Gasteiger partial charge >= 0.3 is 0 Å². The first-order valence-electron chi connectivity index (χ1n) is 6.41. The number of amidine groups is 1. The van der Waals surface area contributed by atoms with Crippen LogP contribution in [0.5, 0.6) is 0 Å². The van der Waals surface area contributed by atoms with Crippen molar-refractivity contribution in [1.82, 2.24) is 4.90 Å². The minimum Gasteiger partial charge on any atom is -0.409 e. The molecule has 0 saturated heterocycles. The highest BCUT2D eigenvalue weighted by molar-refractivity contribution is 6.02. The van der Waals surface area contributed by atoms with Crippen molar-refractivity contribution in [3.05, 3.63) is 35.9 Å². The van der Waals surface area contributed by atoms with Gasteiger partial charge in [-0.05, 0) is 24.8 Å². The number of rotatable bonds is 5. The Balaban J connectivity index is 2.14. The topological polar surface area (TPSA) is 78.9 Å². The number of hydrogen-bond donors (Lipinski definition) is 2. The third kappa shape index (κ3) is 3.24. The van der Waals surface area contributed by atoms with Crippen LogP contribution in [0.3, 0.4) is 0 Å². The summed E-state index contributed by atoms with van der Waals surface area (Å²) < 4.78 is 0. The summed E-state index contributed by atoms with van der Waals surface area (Å²) in [7, 11) is 1.78. The van der Waals surface area contributed by atoms with Crippen molar-refractivity contribution in [1.29, 1.82) is 0 Å². The first-order valence-corrected chi connectivity index (χ1v) is 6.41. The smallest absolute Gasteiger partial charge is 0.233 e. The van der Waals surface area contributed by atoms with Crippen molar-refractivity contribution in [3.8, 4) is 0 Å². The number of benzene rings is 1. The van der Waals surface area contributed by atoms with Gasteiger partial charge in [0.1, 0.15) is 5.92 Å². The van der Waals surface area contributed by atoms with Crippen LogP contribution in [0, 0.1) is 5.92 Å². The first kappa shape index (κ1) is 13.4. The minimum atomic E-state index is -0.599. The van der Waals surface area contributed by atoms with Gasteiger partial charge in [-0.15, -0.1) is 0 Å². The first-order chi connectivity index (χ1) is 9.13. The molecule has 1 aliphatic carbocycles. The van der Waals surface area contributed by atoms with Gasteiger partial charge in [-0.2, -0.15) is 0 Å². The lowest BCUT2D eigenvalue weighted by atomic mass is 9.97. The van der Waals surface area contributed by atoms with Crippen LogP contribution in [0.2, 0.25) is 0 Å². The minimum absolute atomic E-state index is 0.0265. The Kier molecular flexibility index (Phi) is 4.04. The van der Waals surface area contributed by atoms with E-state index in [1.54, 1.807) is 11.9 Å². The van der Waals surface area contributed by atoms with Crippen LogP contribution in [0.15, 0.2) is 35.5 Å². The molecule has 5 nitrogen and oxygen atoms in total. The highest BCUT2D eigenvalue weighted by Crippen LogP contribution is 2.27. The van der Waals surface area contributed by atoms with Crippen molar-refractivity contribution < 1.29 is 10.0 Å². The highest BCUT2D eigenvalue weighted by atomic mass is 16.4. The molecule has 0 spiro atoms. The van der Waals surface area contributed by atoms with E-state index in [9.17, 15) is 4.79 Å². The number of carbonyl (C=O) groups excluding carboxylic acids is 1. The zero-order valence-corrected chi connectivity index (χ0v) is 11.0. The zero-order chi connectivity index (χ0) is 13.8. The fourth-order valence-corrected chi connectivity index (χ4v) is 2.13. The Labute approximate surface area is 112 Å². The predicted octanol–water partition coefficient (Wildman–Crippen LogP) is 1.21. The Hall–Kier alpha value is -2.04. The second kappa shape index (κ2) is 5.73. The monoisotopic (exact) mass is 261 g/mol. The van der Waals surface area contributed by atoms with Crippen molar-refractivity contribution in [2.75, 3.05) is 7.05 Å². The van der Waals surface area contributed by atoms with Gasteiger partial charge in [0, 0.05) is 13.1 Å². The lowest BCUT2D eigenvalue weighted by Gasteiger charge is -2.23. The average Bonchev–Trinajstić information content (AvgIpc) is 3.28. The van der Waals surface area contributed by atoms with Gasteiger partial charge in [-0.25, -0.2) is 0 Å². The number of oxime groups is 1. The summed E-state index contributed by atoms with van der Waals surface area (Å²) >= 11 is 0. The van der Waals surface area contributed by atoms with Crippen molar-refractivity contribution in [2.45, 2.75) is 25.3 Å². The van der Waals surface area contributed by atoms with Crippen LogP contribution in [0.4, 0.5) is 0 Å². The van der Waals surface area contributed by atoms with E-state index in [1.807, 2.05) is 30.3 Å². The Morgan fingerprint density at radius 3 is 2.63 bits per heavy atom. The van der Waals surface area contributed by atoms with E-state index in [2.05, 4.69) is 5.16 Å². The largest absolute Gasteiger partial charge is 0.409 e. The molecule has 1 aliphatic rings. The maximum Gasteiger partial charge on any atom is 0.233 e. The standard InChI is InChI=1S/C14H19N3O2/c1-17(11-7-8-11)14(18)12(13(15)16-19)9-10-5-3-2-4-6-10/h2-6,11-12,19H,7-9H2,1H3,(H2,15,16). The number of carbonyl (C=O) groups is 1.